The molecule has 9 heteroatoms. The summed E-state index contributed by atoms with van der Waals surface area (Å²) in [6.45, 7) is 0. The number of hydrogen-bond donors (Lipinski definition) is 0. The first-order valence-corrected chi connectivity index (χ1v) is 5.68. The summed E-state index contributed by atoms with van der Waals surface area (Å²) in [6.07, 6.45) is 0. The Hall–Kier alpha value is 1.07. The van der Waals surface area contributed by atoms with Crippen molar-refractivity contribution in [3.05, 3.63) is 0 Å². The second-order valence-corrected chi connectivity index (χ2v) is 6.11. The molecule has 0 aromatic rings. The van der Waals surface area contributed by atoms with Gasteiger partial charge in [-0.05, 0) is 0 Å². The monoisotopic (exact) mass is 277 g/mol. The minimum absolute atomic E-state index is 0.725. The van der Waals surface area contributed by atoms with Crippen LogP contribution in [0.25, 0.3) is 0 Å². The Balaban J connectivity index is 4.78. The molecule has 0 rings (SSSR count). The molecule has 0 N–H and O–H groups in total. The van der Waals surface area contributed by atoms with Gasteiger partial charge in [-0.25, -0.2) is 0 Å². The van der Waals surface area contributed by atoms with E-state index in [4.69, 9.17) is 46.4 Å². The van der Waals surface area contributed by atoms with Gasteiger partial charge in [0.05, 0.1) is 0 Å². The van der Waals surface area contributed by atoms with Gasteiger partial charge in [0.15, 0.2) is 5.17 Å². The second kappa shape index (κ2) is 3.85. The van der Waals surface area contributed by atoms with E-state index in [2.05, 4.69) is 15.1 Å². The summed E-state index contributed by atoms with van der Waals surface area (Å²) >= 11 is 20.5. The van der Waals surface area contributed by atoms with E-state index in [9.17, 15) is 8.42 Å². The van der Waals surface area contributed by atoms with Gasteiger partial charge in [0.25, 0.3) is 0 Å². The fourth-order valence-corrected chi connectivity index (χ4v) is 1.34. The Bertz CT molecular complexity index is 263. The lowest BCUT2D eigenvalue weighted by atomic mass is 10.8. The maximum absolute atomic E-state index is 10.2. The lowest BCUT2D eigenvalue weighted by Crippen LogP contribution is -2.13. The molecule has 0 bridgehead atoms. The van der Waals surface area contributed by atoms with Crippen LogP contribution in [-0.2, 0) is 9.24 Å². The molecule has 0 aromatic carbocycles. The highest BCUT2D eigenvalue weighted by Gasteiger charge is 2.28. The molecule has 0 aliphatic carbocycles. The van der Waals surface area contributed by atoms with E-state index in [1.807, 2.05) is 0 Å². The Morgan fingerprint density at radius 3 is 1.73 bits per heavy atom. The van der Waals surface area contributed by atoms with Gasteiger partial charge in [-0.2, -0.15) is 8.42 Å². The normalized spacial score (nSPS) is 15.2. The third-order valence-electron chi connectivity index (χ3n) is 0.423. The van der Waals surface area contributed by atoms with E-state index in [0.29, 0.717) is 0 Å². The summed E-state index contributed by atoms with van der Waals surface area (Å²) in [5, 5.41) is -0.725. The molecule has 0 saturated heterocycles. The van der Waals surface area contributed by atoms with Gasteiger partial charge < -0.3 is 0 Å². The van der Waals surface area contributed by atoms with Gasteiger partial charge in [0.2, 0.25) is 3.79 Å². The highest BCUT2D eigenvalue weighted by atomic mass is 35.7. The summed E-state index contributed by atoms with van der Waals surface area (Å²) in [7, 11) is 0.527. The van der Waals surface area contributed by atoms with Gasteiger partial charge in [-0.3, -0.25) is 0 Å². The molecule has 0 heterocycles. The van der Waals surface area contributed by atoms with Crippen molar-refractivity contribution in [3.63, 3.8) is 0 Å². The molecule has 0 unspecified atom stereocenters. The van der Waals surface area contributed by atoms with Crippen molar-refractivity contribution < 1.29 is 8.42 Å². The van der Waals surface area contributed by atoms with Crippen LogP contribution in [0.15, 0.2) is 4.40 Å². The average molecular weight is 279 g/mol. The molecule has 3 nitrogen and oxygen atoms in total. The molecular weight excluding hydrogens is 279 g/mol. The summed E-state index contributed by atoms with van der Waals surface area (Å²) in [5.41, 5.74) is 0. The quantitative estimate of drug-likeness (QED) is 0.420. The molecule has 0 fully saturated rings. The van der Waals surface area contributed by atoms with E-state index in [1.165, 1.54) is 0 Å². The van der Waals surface area contributed by atoms with Crippen molar-refractivity contribution in [2.24, 2.45) is 4.40 Å². The number of halogens is 5. The standard InChI is InChI=1S/C2Cl5NO2S/c3-1(2(4,5)6)8-11(7,9)10. The van der Waals surface area contributed by atoms with Crippen LogP contribution in [-0.4, -0.2) is 17.4 Å². The second-order valence-electron chi connectivity index (χ2n) is 1.29. The van der Waals surface area contributed by atoms with Crippen LogP contribution >= 0.6 is 57.1 Å². The van der Waals surface area contributed by atoms with Gasteiger partial charge in [0, 0.05) is 10.7 Å². The summed E-state index contributed by atoms with van der Waals surface area (Å²) < 4.78 is 21.1. The number of rotatable bonds is 1. The van der Waals surface area contributed by atoms with Crippen molar-refractivity contribution in [3.8, 4) is 0 Å². The molecule has 0 aliphatic heterocycles. The molecule has 0 radical (unpaired) electrons. The van der Waals surface area contributed by atoms with Crippen molar-refractivity contribution in [2.75, 3.05) is 0 Å². The molecule has 0 atom stereocenters. The van der Waals surface area contributed by atoms with Crippen molar-refractivity contribution in [2.45, 2.75) is 3.79 Å². The number of alkyl halides is 3. The third-order valence-corrected chi connectivity index (χ3v) is 2.33. The number of hydrogen-bond acceptors (Lipinski definition) is 2. The first kappa shape index (κ1) is 12.1. The Kier molecular flexibility index (Phi) is 4.23. The van der Waals surface area contributed by atoms with Crippen LogP contribution < -0.4 is 0 Å². The number of nitrogens with zero attached hydrogens (tertiary/aromatic N) is 1. The van der Waals surface area contributed by atoms with Gasteiger partial charge in [0.1, 0.15) is 0 Å². The third kappa shape index (κ3) is 6.25. The lowest BCUT2D eigenvalue weighted by Gasteiger charge is -2.05. The zero-order valence-corrected chi connectivity index (χ0v) is 9.16. The SMILES string of the molecule is O=S(=O)(Cl)N=C(Cl)C(Cl)(Cl)Cl. The molecular formula is C2Cl5NO2S. The fourth-order valence-electron chi connectivity index (χ4n) is 0.147. The van der Waals surface area contributed by atoms with E-state index >= 15 is 0 Å². The Morgan fingerprint density at radius 1 is 1.27 bits per heavy atom. The minimum Gasteiger partial charge on any atom is -0.187 e. The maximum atomic E-state index is 10.2. The predicted octanol–water partition coefficient (Wildman–Crippen LogP) is 2.48. The van der Waals surface area contributed by atoms with E-state index < -0.39 is 18.2 Å². The van der Waals surface area contributed by atoms with Crippen LogP contribution in [0.3, 0.4) is 0 Å². The fraction of sp³-hybridized carbons (Fsp3) is 0.500. The highest BCUT2D eigenvalue weighted by Crippen LogP contribution is 2.30. The maximum Gasteiger partial charge on any atom is 0.340 e. The van der Waals surface area contributed by atoms with Crippen LogP contribution in [0.2, 0.25) is 0 Å². The molecule has 0 spiro atoms. The Morgan fingerprint density at radius 2 is 1.64 bits per heavy atom. The molecule has 0 saturated carbocycles. The first-order chi connectivity index (χ1) is 4.63. The minimum atomic E-state index is -4.13. The predicted molar refractivity (Wildman–Crippen MR) is 48.4 cm³/mol. The summed E-state index contributed by atoms with van der Waals surface area (Å²) in [6, 6.07) is 0. The van der Waals surface area contributed by atoms with Gasteiger partial charge >= 0.3 is 9.24 Å². The van der Waals surface area contributed by atoms with Crippen LogP contribution in [0, 0.1) is 0 Å². The Labute approximate surface area is 87.8 Å². The van der Waals surface area contributed by atoms with Crippen LogP contribution in [0.1, 0.15) is 0 Å². The lowest BCUT2D eigenvalue weighted by molar-refractivity contribution is 0.611. The highest BCUT2D eigenvalue weighted by molar-refractivity contribution is 8.12. The van der Waals surface area contributed by atoms with Gasteiger partial charge in [-0.1, -0.05) is 46.4 Å². The molecule has 0 aliphatic rings. The van der Waals surface area contributed by atoms with Crippen molar-refractivity contribution in [1.29, 1.82) is 0 Å². The van der Waals surface area contributed by atoms with Crippen LogP contribution in [0.5, 0.6) is 0 Å². The summed E-state index contributed by atoms with van der Waals surface area (Å²) in [5.74, 6) is 0. The average Bonchev–Trinajstić information content (AvgIpc) is 1.56. The van der Waals surface area contributed by atoms with Crippen molar-refractivity contribution >= 4 is 71.5 Å². The topological polar surface area (TPSA) is 46.5 Å². The van der Waals surface area contributed by atoms with Gasteiger partial charge in [-0.15, -0.1) is 4.40 Å². The molecule has 11 heavy (non-hydrogen) atoms. The summed E-state index contributed by atoms with van der Waals surface area (Å²) in [4.78, 5) is 0. The zero-order chi connectivity index (χ0) is 9.28. The van der Waals surface area contributed by atoms with Crippen LogP contribution in [0.4, 0.5) is 0 Å². The van der Waals surface area contributed by atoms with E-state index in [1.54, 1.807) is 0 Å². The first-order valence-electron chi connectivity index (χ1n) is 1.90. The van der Waals surface area contributed by atoms with E-state index in [0.717, 1.165) is 0 Å². The molecule has 0 amide bonds. The largest absolute Gasteiger partial charge is 0.340 e. The molecule has 66 valence electrons. The van der Waals surface area contributed by atoms with Crippen molar-refractivity contribution in [1.82, 2.24) is 0 Å². The van der Waals surface area contributed by atoms with E-state index in [-0.39, 0.29) is 0 Å². The molecule has 0 aromatic heterocycles. The smallest absolute Gasteiger partial charge is 0.187 e. The zero-order valence-electron chi connectivity index (χ0n) is 4.56.